The molecule has 4 rings (SSSR count). The molecule has 0 fully saturated rings. The van der Waals surface area contributed by atoms with E-state index in [1.807, 2.05) is 18.2 Å². The molecular weight excluding hydrogens is 334 g/mol. The molecule has 0 radical (unpaired) electrons. The Labute approximate surface area is 150 Å². The van der Waals surface area contributed by atoms with Gasteiger partial charge in [0.1, 0.15) is 0 Å². The number of carbonyl (C=O) groups excluding carboxylic acids is 1. The Morgan fingerprint density at radius 1 is 1.23 bits per heavy atom. The van der Waals surface area contributed by atoms with E-state index in [4.69, 9.17) is 9.47 Å². The summed E-state index contributed by atoms with van der Waals surface area (Å²) in [5.41, 5.74) is 2.79. The van der Waals surface area contributed by atoms with E-state index >= 15 is 0 Å². The number of hydrogen-bond donors (Lipinski definition) is 1. The predicted molar refractivity (Wildman–Crippen MR) is 95.1 cm³/mol. The zero-order valence-electron chi connectivity index (χ0n) is 14.2. The summed E-state index contributed by atoms with van der Waals surface area (Å²) in [5.74, 6) is 1.16. The second-order valence-electron chi connectivity index (χ2n) is 6.27. The number of nitrogens with zero attached hydrogens (tertiary/aromatic N) is 2. The van der Waals surface area contributed by atoms with Crippen LogP contribution in [0.2, 0.25) is 0 Å². The molecule has 0 bridgehead atoms. The molecule has 134 valence electrons. The van der Waals surface area contributed by atoms with Crippen LogP contribution in [-0.2, 0) is 24.2 Å². The summed E-state index contributed by atoms with van der Waals surface area (Å²) in [7, 11) is 0. The molecule has 0 atom stereocenters. The molecule has 26 heavy (non-hydrogen) atoms. The van der Waals surface area contributed by atoms with Gasteiger partial charge in [-0.05, 0) is 48.6 Å². The van der Waals surface area contributed by atoms with Crippen molar-refractivity contribution in [1.82, 2.24) is 15.1 Å². The highest BCUT2D eigenvalue weighted by molar-refractivity contribution is 5.91. The maximum absolute atomic E-state index is 12.0. The molecule has 2 aromatic rings. The normalized spacial score (nSPS) is 14.6. The van der Waals surface area contributed by atoms with E-state index in [-0.39, 0.29) is 18.3 Å². The third-order valence-electron chi connectivity index (χ3n) is 4.47. The van der Waals surface area contributed by atoms with Crippen LogP contribution in [0.1, 0.15) is 23.2 Å². The van der Waals surface area contributed by atoms with Gasteiger partial charge in [-0.1, -0.05) is 6.07 Å². The van der Waals surface area contributed by atoms with Gasteiger partial charge in [0.15, 0.2) is 11.5 Å². The molecule has 1 aliphatic carbocycles. The summed E-state index contributed by atoms with van der Waals surface area (Å²) >= 11 is 0. The second-order valence-corrected chi connectivity index (χ2v) is 6.27. The number of rotatable bonds is 5. The van der Waals surface area contributed by atoms with E-state index in [0.717, 1.165) is 36.1 Å². The summed E-state index contributed by atoms with van der Waals surface area (Å²) < 4.78 is 12.0. The maximum atomic E-state index is 12.0. The molecule has 0 unspecified atom stereocenters. The third-order valence-corrected chi connectivity index (χ3v) is 4.47. The molecule has 7 heteroatoms. The second kappa shape index (κ2) is 7.03. The summed E-state index contributed by atoms with van der Waals surface area (Å²) in [6.45, 7) is 0.921. The number of aryl methyl sites for hydroxylation is 2. The van der Waals surface area contributed by atoms with E-state index < -0.39 is 0 Å². The molecule has 1 aromatic carbocycles. The average Bonchev–Trinajstić information content (AvgIpc) is 3.28. The number of fused-ring (bicyclic) bond motifs is 2. The van der Waals surface area contributed by atoms with Crippen molar-refractivity contribution < 1.29 is 14.3 Å². The smallest absolute Gasteiger partial charge is 0.267 e. The van der Waals surface area contributed by atoms with Gasteiger partial charge in [-0.25, -0.2) is 4.68 Å². The number of aromatic nitrogens is 2. The molecule has 0 saturated carbocycles. The van der Waals surface area contributed by atoms with Gasteiger partial charge < -0.3 is 14.8 Å². The summed E-state index contributed by atoms with van der Waals surface area (Å²) in [6.07, 6.45) is 6.06. The Balaban J connectivity index is 1.31. The van der Waals surface area contributed by atoms with Gasteiger partial charge in [0, 0.05) is 18.7 Å². The first-order chi connectivity index (χ1) is 12.7. The standard InChI is InChI=1S/C19H19N3O4/c23-18(7-5-13-4-6-16-17(10-13)26-12-25-16)20-8-9-22-19(24)11-14-2-1-3-15(14)21-22/h4-7,10-11H,1-3,8-9,12H2,(H,20,23)/b7-5+. The lowest BCUT2D eigenvalue weighted by Gasteiger charge is -2.07. The van der Waals surface area contributed by atoms with Crippen LogP contribution >= 0.6 is 0 Å². The molecule has 1 aromatic heterocycles. The summed E-state index contributed by atoms with van der Waals surface area (Å²) in [6, 6.07) is 7.15. The van der Waals surface area contributed by atoms with E-state index in [9.17, 15) is 9.59 Å². The van der Waals surface area contributed by atoms with Crippen molar-refractivity contribution in [2.75, 3.05) is 13.3 Å². The van der Waals surface area contributed by atoms with Crippen molar-refractivity contribution in [3.63, 3.8) is 0 Å². The Morgan fingerprint density at radius 2 is 2.12 bits per heavy atom. The van der Waals surface area contributed by atoms with Crippen LogP contribution in [-0.4, -0.2) is 29.0 Å². The highest BCUT2D eigenvalue weighted by Crippen LogP contribution is 2.32. The van der Waals surface area contributed by atoms with Crippen molar-refractivity contribution in [2.24, 2.45) is 0 Å². The van der Waals surface area contributed by atoms with Gasteiger partial charge in [-0.2, -0.15) is 5.10 Å². The van der Waals surface area contributed by atoms with E-state index in [0.29, 0.717) is 24.6 Å². The van der Waals surface area contributed by atoms with E-state index in [2.05, 4.69) is 10.4 Å². The topological polar surface area (TPSA) is 82.4 Å². The Morgan fingerprint density at radius 3 is 3.04 bits per heavy atom. The van der Waals surface area contributed by atoms with Crippen molar-refractivity contribution in [3.05, 3.63) is 57.5 Å². The van der Waals surface area contributed by atoms with E-state index in [1.165, 1.54) is 10.8 Å². The minimum absolute atomic E-state index is 0.115. The molecule has 1 aliphatic heterocycles. The number of nitrogens with one attached hydrogen (secondary N) is 1. The lowest BCUT2D eigenvalue weighted by molar-refractivity contribution is -0.116. The van der Waals surface area contributed by atoms with Crippen molar-refractivity contribution in [2.45, 2.75) is 25.8 Å². The average molecular weight is 353 g/mol. The molecule has 0 spiro atoms. The van der Waals surface area contributed by atoms with Gasteiger partial charge in [-0.3, -0.25) is 9.59 Å². The zero-order chi connectivity index (χ0) is 17.9. The Kier molecular flexibility index (Phi) is 4.43. The first-order valence-electron chi connectivity index (χ1n) is 8.64. The highest BCUT2D eigenvalue weighted by atomic mass is 16.7. The third kappa shape index (κ3) is 3.46. The molecule has 2 aliphatic rings. The van der Waals surface area contributed by atoms with Crippen molar-refractivity contribution in [3.8, 4) is 11.5 Å². The zero-order valence-corrected chi connectivity index (χ0v) is 14.2. The van der Waals surface area contributed by atoms with Crippen LogP contribution in [0.15, 0.2) is 35.1 Å². The molecule has 7 nitrogen and oxygen atoms in total. The summed E-state index contributed by atoms with van der Waals surface area (Å²) in [5, 5.41) is 7.15. The SMILES string of the molecule is O=C(/C=C/c1ccc2c(c1)OCO2)NCCn1nc2c(cc1=O)CCC2. The fraction of sp³-hybridized carbons (Fsp3) is 0.316. The monoisotopic (exact) mass is 353 g/mol. The fourth-order valence-corrected chi connectivity index (χ4v) is 3.13. The quantitative estimate of drug-likeness (QED) is 0.819. The fourth-order valence-electron chi connectivity index (χ4n) is 3.13. The van der Waals surface area contributed by atoms with Crippen LogP contribution in [0, 0.1) is 0 Å². The Bertz CT molecular complexity index is 933. The lowest BCUT2D eigenvalue weighted by atomic mass is 10.2. The van der Waals surface area contributed by atoms with Gasteiger partial charge in [0.05, 0.1) is 12.2 Å². The molecule has 1 amide bonds. The number of ether oxygens (including phenoxy) is 2. The van der Waals surface area contributed by atoms with Crippen LogP contribution in [0.4, 0.5) is 0 Å². The first-order valence-corrected chi connectivity index (χ1v) is 8.64. The molecule has 1 N–H and O–H groups in total. The van der Waals surface area contributed by atoms with Gasteiger partial charge >= 0.3 is 0 Å². The number of amides is 1. The summed E-state index contributed by atoms with van der Waals surface area (Å²) in [4.78, 5) is 24.0. The minimum Gasteiger partial charge on any atom is -0.454 e. The maximum Gasteiger partial charge on any atom is 0.267 e. The largest absolute Gasteiger partial charge is 0.454 e. The van der Waals surface area contributed by atoms with Crippen LogP contribution in [0.3, 0.4) is 0 Å². The van der Waals surface area contributed by atoms with E-state index in [1.54, 1.807) is 12.1 Å². The minimum atomic E-state index is -0.225. The van der Waals surface area contributed by atoms with Crippen LogP contribution in [0.5, 0.6) is 11.5 Å². The number of carbonyl (C=O) groups is 1. The Hall–Kier alpha value is -3.09. The van der Waals surface area contributed by atoms with Crippen molar-refractivity contribution >= 4 is 12.0 Å². The van der Waals surface area contributed by atoms with Gasteiger partial charge in [0.25, 0.3) is 5.56 Å². The van der Waals surface area contributed by atoms with Crippen LogP contribution < -0.4 is 20.3 Å². The number of benzene rings is 1. The predicted octanol–water partition coefficient (Wildman–Crippen LogP) is 1.29. The van der Waals surface area contributed by atoms with Gasteiger partial charge in [0.2, 0.25) is 12.7 Å². The van der Waals surface area contributed by atoms with Gasteiger partial charge in [-0.15, -0.1) is 0 Å². The highest BCUT2D eigenvalue weighted by Gasteiger charge is 2.14. The molecule has 2 heterocycles. The lowest BCUT2D eigenvalue weighted by Crippen LogP contribution is -2.31. The van der Waals surface area contributed by atoms with Crippen molar-refractivity contribution in [1.29, 1.82) is 0 Å². The molecular formula is C19H19N3O4. The number of hydrogen-bond acceptors (Lipinski definition) is 5. The van der Waals surface area contributed by atoms with Crippen LogP contribution in [0.25, 0.3) is 6.08 Å². The molecule has 0 saturated heterocycles. The first kappa shape index (κ1) is 16.4.